The van der Waals surface area contributed by atoms with E-state index in [9.17, 15) is 9.59 Å². The van der Waals surface area contributed by atoms with Gasteiger partial charge in [-0.05, 0) is 62.7 Å². The van der Waals surface area contributed by atoms with Crippen LogP contribution in [0.5, 0.6) is 0 Å². The molecule has 1 fully saturated rings. The van der Waals surface area contributed by atoms with Crippen LogP contribution in [0.15, 0.2) is 60.9 Å². The lowest BCUT2D eigenvalue weighted by molar-refractivity contribution is -0.117. The number of anilines is 2. The van der Waals surface area contributed by atoms with E-state index >= 15 is 0 Å². The van der Waals surface area contributed by atoms with Crippen molar-refractivity contribution in [2.75, 3.05) is 17.2 Å². The van der Waals surface area contributed by atoms with Gasteiger partial charge in [-0.25, -0.2) is 0 Å². The van der Waals surface area contributed by atoms with Crippen molar-refractivity contribution in [1.29, 1.82) is 0 Å². The summed E-state index contributed by atoms with van der Waals surface area (Å²) in [7, 11) is 0. The van der Waals surface area contributed by atoms with Gasteiger partial charge < -0.3 is 16.0 Å². The number of hydrogen-bond donors (Lipinski definition) is 3. The number of benzene rings is 1. The summed E-state index contributed by atoms with van der Waals surface area (Å²) < 4.78 is 0. The van der Waals surface area contributed by atoms with E-state index in [1.54, 1.807) is 48.8 Å². The van der Waals surface area contributed by atoms with Crippen LogP contribution in [0.1, 0.15) is 28.8 Å². The molecule has 0 radical (unpaired) electrons. The first-order valence-corrected chi connectivity index (χ1v) is 9.94. The molecule has 0 saturated carbocycles. The third-order valence-electron chi connectivity index (χ3n) is 5.04. The zero-order valence-corrected chi connectivity index (χ0v) is 16.7. The van der Waals surface area contributed by atoms with E-state index in [2.05, 4.69) is 25.9 Å². The molecule has 3 heterocycles. The van der Waals surface area contributed by atoms with E-state index in [0.717, 1.165) is 24.9 Å². The number of nitrogens with zero attached hydrogens (tertiary/aromatic N) is 2. The summed E-state index contributed by atoms with van der Waals surface area (Å²) in [6, 6.07) is 14.2. The van der Waals surface area contributed by atoms with Gasteiger partial charge in [0.2, 0.25) is 5.91 Å². The second-order valence-corrected chi connectivity index (χ2v) is 7.26. The zero-order chi connectivity index (χ0) is 20.9. The van der Waals surface area contributed by atoms with E-state index in [0.29, 0.717) is 28.3 Å². The molecule has 1 aliphatic heterocycles. The topological polar surface area (TPSA) is 96.0 Å². The van der Waals surface area contributed by atoms with Gasteiger partial charge in [-0.3, -0.25) is 19.6 Å². The van der Waals surface area contributed by atoms with Gasteiger partial charge in [0.25, 0.3) is 5.91 Å². The molecule has 1 saturated heterocycles. The van der Waals surface area contributed by atoms with Crippen molar-refractivity contribution in [1.82, 2.24) is 15.3 Å². The van der Waals surface area contributed by atoms with Gasteiger partial charge in [-0.15, -0.1) is 0 Å². The highest BCUT2D eigenvalue weighted by Gasteiger charge is 2.23. The number of nitrogens with one attached hydrogen (secondary N) is 3. The average Bonchev–Trinajstić information content (AvgIpc) is 3.30. The van der Waals surface area contributed by atoms with E-state index in [-0.39, 0.29) is 17.9 Å². The SMILES string of the molecule is Cc1ccc(C(=O)Nc2cccnc2-c2ncccc2NC(=O)[C@@H]2CCCN2)cc1. The first-order valence-electron chi connectivity index (χ1n) is 9.94. The van der Waals surface area contributed by atoms with Crippen LogP contribution in [0.2, 0.25) is 0 Å². The first kappa shape index (κ1) is 19.7. The Bertz CT molecular complexity index is 1060. The fourth-order valence-corrected chi connectivity index (χ4v) is 3.42. The largest absolute Gasteiger partial charge is 0.323 e. The number of aromatic nitrogens is 2. The Balaban J connectivity index is 1.61. The van der Waals surface area contributed by atoms with Gasteiger partial charge in [0.15, 0.2) is 0 Å². The third-order valence-corrected chi connectivity index (χ3v) is 5.04. The number of carbonyl (C=O) groups is 2. The maximum Gasteiger partial charge on any atom is 0.255 e. The van der Waals surface area contributed by atoms with Crippen LogP contribution in [-0.4, -0.2) is 34.4 Å². The summed E-state index contributed by atoms with van der Waals surface area (Å²) in [5, 5.41) is 9.06. The van der Waals surface area contributed by atoms with E-state index < -0.39 is 0 Å². The molecule has 7 heteroatoms. The lowest BCUT2D eigenvalue weighted by Crippen LogP contribution is -2.35. The van der Waals surface area contributed by atoms with Gasteiger partial charge in [0.05, 0.1) is 17.4 Å². The van der Waals surface area contributed by atoms with Crippen molar-refractivity contribution in [3.63, 3.8) is 0 Å². The van der Waals surface area contributed by atoms with Gasteiger partial charge in [-0.2, -0.15) is 0 Å². The number of pyridine rings is 2. The fourth-order valence-electron chi connectivity index (χ4n) is 3.42. The Hall–Kier alpha value is -3.58. The summed E-state index contributed by atoms with van der Waals surface area (Å²) in [5.74, 6) is -0.330. The smallest absolute Gasteiger partial charge is 0.255 e. The van der Waals surface area contributed by atoms with Crippen LogP contribution >= 0.6 is 0 Å². The Morgan fingerprint density at radius 3 is 2.17 bits per heavy atom. The molecule has 3 aromatic rings. The molecule has 1 atom stereocenters. The Labute approximate surface area is 175 Å². The standard InChI is InChI=1S/C23H23N5O2/c1-15-8-10-16(11-9-15)22(29)27-17-5-2-13-25-20(17)21-18(6-3-14-26-21)28-23(30)19-7-4-12-24-19/h2-3,5-6,8-11,13-14,19,24H,4,7,12H2,1H3,(H,27,29)(H,28,30)/t19-/m0/s1. The maximum absolute atomic E-state index is 12.7. The summed E-state index contributed by atoms with van der Waals surface area (Å²) in [4.78, 5) is 34.2. The van der Waals surface area contributed by atoms with Gasteiger partial charge in [0.1, 0.15) is 11.4 Å². The second-order valence-electron chi connectivity index (χ2n) is 7.26. The third kappa shape index (κ3) is 4.36. The number of rotatable bonds is 5. The minimum Gasteiger partial charge on any atom is -0.323 e. The average molecular weight is 401 g/mol. The fraction of sp³-hybridized carbons (Fsp3) is 0.217. The molecule has 7 nitrogen and oxygen atoms in total. The molecule has 4 rings (SSSR count). The molecule has 0 aliphatic carbocycles. The van der Waals surface area contributed by atoms with Crippen LogP contribution in [-0.2, 0) is 4.79 Å². The van der Waals surface area contributed by atoms with Crippen LogP contribution in [0.4, 0.5) is 11.4 Å². The number of carbonyl (C=O) groups excluding carboxylic acids is 2. The van der Waals surface area contributed by atoms with Gasteiger partial charge in [0, 0.05) is 18.0 Å². The molecule has 0 spiro atoms. The molecule has 2 amide bonds. The van der Waals surface area contributed by atoms with E-state index in [4.69, 9.17) is 0 Å². The lowest BCUT2D eigenvalue weighted by Gasteiger charge is -2.15. The van der Waals surface area contributed by atoms with Crippen molar-refractivity contribution < 1.29 is 9.59 Å². The predicted octanol–water partition coefficient (Wildman–Crippen LogP) is 3.39. The van der Waals surface area contributed by atoms with Gasteiger partial charge >= 0.3 is 0 Å². The van der Waals surface area contributed by atoms with Crippen LogP contribution in [0, 0.1) is 6.92 Å². The Morgan fingerprint density at radius 2 is 1.57 bits per heavy atom. The normalized spacial score (nSPS) is 15.6. The monoisotopic (exact) mass is 401 g/mol. The second kappa shape index (κ2) is 8.84. The van der Waals surface area contributed by atoms with Crippen molar-refractivity contribution in [3.8, 4) is 11.4 Å². The summed E-state index contributed by atoms with van der Waals surface area (Å²) in [6.45, 7) is 2.81. The molecule has 2 aromatic heterocycles. The zero-order valence-electron chi connectivity index (χ0n) is 16.7. The highest BCUT2D eigenvalue weighted by Crippen LogP contribution is 2.30. The molecule has 152 valence electrons. The Morgan fingerprint density at radius 1 is 0.933 bits per heavy atom. The van der Waals surface area contributed by atoms with Crippen LogP contribution in [0.3, 0.4) is 0 Å². The Kier molecular flexibility index (Phi) is 5.81. The number of aryl methyl sites for hydroxylation is 1. The van der Waals surface area contributed by atoms with Crippen molar-refractivity contribution in [2.24, 2.45) is 0 Å². The van der Waals surface area contributed by atoms with Crippen molar-refractivity contribution in [3.05, 3.63) is 72.1 Å². The minimum absolute atomic E-state index is 0.0945. The molecule has 30 heavy (non-hydrogen) atoms. The molecule has 3 N–H and O–H groups in total. The quantitative estimate of drug-likeness (QED) is 0.609. The maximum atomic E-state index is 12.7. The molecular weight excluding hydrogens is 378 g/mol. The number of hydrogen-bond acceptors (Lipinski definition) is 5. The lowest BCUT2D eigenvalue weighted by atomic mass is 10.1. The first-order chi connectivity index (χ1) is 14.6. The van der Waals surface area contributed by atoms with E-state index in [1.165, 1.54) is 0 Å². The minimum atomic E-state index is -0.235. The molecule has 0 bridgehead atoms. The predicted molar refractivity (Wildman–Crippen MR) is 116 cm³/mol. The van der Waals surface area contributed by atoms with Gasteiger partial charge in [-0.1, -0.05) is 17.7 Å². The van der Waals surface area contributed by atoms with Crippen molar-refractivity contribution >= 4 is 23.2 Å². The van der Waals surface area contributed by atoms with Crippen LogP contribution in [0.25, 0.3) is 11.4 Å². The highest BCUT2D eigenvalue weighted by molar-refractivity contribution is 6.06. The van der Waals surface area contributed by atoms with Crippen molar-refractivity contribution in [2.45, 2.75) is 25.8 Å². The molecule has 1 aliphatic rings. The summed E-state index contributed by atoms with van der Waals surface area (Å²) in [6.07, 6.45) is 5.06. The molecule has 0 unspecified atom stereocenters. The summed E-state index contributed by atoms with van der Waals surface area (Å²) in [5.41, 5.74) is 3.71. The molecular formula is C23H23N5O2. The highest BCUT2D eigenvalue weighted by atomic mass is 16.2. The van der Waals surface area contributed by atoms with Crippen LogP contribution < -0.4 is 16.0 Å². The molecule has 1 aromatic carbocycles. The van der Waals surface area contributed by atoms with E-state index in [1.807, 2.05) is 19.1 Å². The number of amides is 2. The summed E-state index contributed by atoms with van der Waals surface area (Å²) >= 11 is 0.